The molecule has 0 unspecified atom stereocenters. The zero-order chi connectivity index (χ0) is 22.1. The van der Waals surface area contributed by atoms with Crippen LogP contribution >= 0.6 is 0 Å². The Balaban J connectivity index is 1.40. The number of rotatable bonds is 8. The zero-order valence-corrected chi connectivity index (χ0v) is 19.8. The first-order chi connectivity index (χ1) is 14.8. The number of hydrogen-bond donors (Lipinski definition) is 1. The van der Waals surface area contributed by atoms with Crippen LogP contribution in [0.25, 0.3) is 0 Å². The molecule has 170 valence electrons. The van der Waals surface area contributed by atoms with Crippen molar-refractivity contribution in [3.05, 3.63) is 41.0 Å². The molecular formula is C27H40N2O2. The van der Waals surface area contributed by atoms with Gasteiger partial charge in [0.05, 0.1) is 5.56 Å². The van der Waals surface area contributed by atoms with Crippen molar-refractivity contribution >= 4 is 11.7 Å². The van der Waals surface area contributed by atoms with Gasteiger partial charge in [0.25, 0.3) is 0 Å². The molecule has 1 saturated carbocycles. The average molecular weight is 425 g/mol. The minimum absolute atomic E-state index is 0.360. The summed E-state index contributed by atoms with van der Waals surface area (Å²) in [4.78, 5) is 16.1. The van der Waals surface area contributed by atoms with Crippen molar-refractivity contribution in [1.82, 2.24) is 4.90 Å². The van der Waals surface area contributed by atoms with E-state index in [1.54, 1.807) is 17.7 Å². The lowest BCUT2D eigenvalue weighted by Crippen LogP contribution is -2.47. The van der Waals surface area contributed by atoms with E-state index in [9.17, 15) is 4.79 Å². The van der Waals surface area contributed by atoms with Crippen molar-refractivity contribution < 1.29 is 9.90 Å². The van der Waals surface area contributed by atoms with Crippen LogP contribution in [0, 0.1) is 10.8 Å². The number of anilines is 1. The van der Waals surface area contributed by atoms with Crippen molar-refractivity contribution in [2.45, 2.75) is 72.1 Å². The summed E-state index contributed by atoms with van der Waals surface area (Å²) in [5.41, 5.74) is 6.13. The third-order valence-corrected chi connectivity index (χ3v) is 7.95. The quantitative estimate of drug-likeness (QED) is 0.521. The molecule has 1 saturated heterocycles. The van der Waals surface area contributed by atoms with E-state index in [1.807, 2.05) is 17.7 Å². The summed E-state index contributed by atoms with van der Waals surface area (Å²) in [7, 11) is 0. The molecule has 4 nitrogen and oxygen atoms in total. The van der Waals surface area contributed by atoms with Crippen molar-refractivity contribution in [2.24, 2.45) is 10.8 Å². The fourth-order valence-electron chi connectivity index (χ4n) is 5.69. The number of carbonyl (C=O) groups is 1. The molecule has 0 atom stereocenters. The Bertz CT molecular complexity index is 812. The fraction of sp³-hybridized carbons (Fsp3) is 0.667. The molecule has 2 fully saturated rings. The third kappa shape index (κ3) is 5.16. The SMILES string of the molecule is CCCCC1(C2=C(CN3CCN(c4ccc(C(=O)O)cc4)CC3)CCC(C)(C)C2)CC1. The first-order valence-corrected chi connectivity index (χ1v) is 12.3. The molecule has 31 heavy (non-hydrogen) atoms. The highest BCUT2D eigenvalue weighted by Gasteiger charge is 2.48. The molecule has 1 aromatic rings. The number of benzene rings is 1. The van der Waals surface area contributed by atoms with Crippen LogP contribution in [0.5, 0.6) is 0 Å². The molecule has 0 radical (unpaired) electrons. The molecule has 1 aliphatic heterocycles. The van der Waals surface area contributed by atoms with E-state index < -0.39 is 5.97 Å². The Kier molecular flexibility index (Phi) is 6.48. The first kappa shape index (κ1) is 22.4. The number of nitrogens with zero attached hydrogens (tertiary/aromatic N) is 2. The summed E-state index contributed by atoms with van der Waals surface area (Å²) < 4.78 is 0. The van der Waals surface area contributed by atoms with Gasteiger partial charge >= 0.3 is 5.97 Å². The largest absolute Gasteiger partial charge is 0.478 e. The normalized spacial score (nSPS) is 23.1. The van der Waals surface area contributed by atoms with E-state index in [1.165, 1.54) is 51.4 Å². The van der Waals surface area contributed by atoms with Gasteiger partial charge in [0.15, 0.2) is 0 Å². The van der Waals surface area contributed by atoms with Crippen molar-refractivity contribution in [3.8, 4) is 0 Å². The Morgan fingerprint density at radius 1 is 1.03 bits per heavy atom. The van der Waals surface area contributed by atoms with E-state index in [4.69, 9.17) is 5.11 Å². The van der Waals surface area contributed by atoms with Crippen molar-refractivity contribution in [3.63, 3.8) is 0 Å². The summed E-state index contributed by atoms with van der Waals surface area (Å²) >= 11 is 0. The fourth-order valence-corrected chi connectivity index (χ4v) is 5.69. The van der Waals surface area contributed by atoms with Gasteiger partial charge in [-0.3, -0.25) is 4.90 Å². The van der Waals surface area contributed by atoms with Gasteiger partial charge in [-0.25, -0.2) is 4.79 Å². The molecule has 1 N–H and O–H groups in total. The van der Waals surface area contributed by atoms with Crippen molar-refractivity contribution in [1.29, 1.82) is 0 Å². The summed E-state index contributed by atoms with van der Waals surface area (Å²) in [5, 5.41) is 9.12. The van der Waals surface area contributed by atoms with Gasteiger partial charge in [-0.15, -0.1) is 0 Å². The molecule has 1 aromatic carbocycles. The number of unbranched alkanes of at least 4 members (excludes halogenated alkanes) is 1. The molecule has 0 spiro atoms. The second-order valence-corrected chi connectivity index (χ2v) is 10.9. The monoisotopic (exact) mass is 424 g/mol. The molecule has 4 rings (SSSR count). The highest BCUT2D eigenvalue weighted by molar-refractivity contribution is 5.88. The predicted octanol–water partition coefficient (Wildman–Crippen LogP) is 5.98. The van der Waals surface area contributed by atoms with Gasteiger partial charge in [0.1, 0.15) is 0 Å². The number of aromatic carboxylic acids is 1. The number of carboxylic acid groups (broad SMARTS) is 1. The van der Waals surface area contributed by atoms with Crippen LogP contribution in [-0.4, -0.2) is 48.7 Å². The van der Waals surface area contributed by atoms with Gasteiger partial charge in [-0.1, -0.05) is 44.8 Å². The summed E-state index contributed by atoms with van der Waals surface area (Å²) in [6, 6.07) is 7.34. The van der Waals surface area contributed by atoms with E-state index >= 15 is 0 Å². The van der Waals surface area contributed by atoms with Gasteiger partial charge in [-0.2, -0.15) is 0 Å². The van der Waals surface area contributed by atoms with E-state index in [0.717, 1.165) is 38.4 Å². The maximum atomic E-state index is 11.1. The topological polar surface area (TPSA) is 43.8 Å². The standard InChI is InChI=1S/C27H40N2O2/c1-4-5-11-27(13-14-27)24-19-26(2,3)12-10-22(24)20-28-15-17-29(18-16-28)23-8-6-21(7-9-23)25(30)31/h6-9H,4-5,10-20H2,1-3H3,(H,30,31). The van der Waals surface area contributed by atoms with Gasteiger partial charge in [-0.05, 0) is 73.6 Å². The van der Waals surface area contributed by atoms with Gasteiger partial charge in [0.2, 0.25) is 0 Å². The lowest BCUT2D eigenvalue weighted by Gasteiger charge is -2.41. The maximum absolute atomic E-state index is 11.1. The lowest BCUT2D eigenvalue weighted by atomic mass is 9.69. The molecule has 4 heteroatoms. The Morgan fingerprint density at radius 3 is 2.29 bits per heavy atom. The second-order valence-electron chi connectivity index (χ2n) is 10.9. The summed E-state index contributed by atoms with van der Waals surface area (Å²) in [5.74, 6) is -0.858. The number of allylic oxidation sites excluding steroid dienone is 1. The molecule has 0 aromatic heterocycles. The van der Waals surface area contributed by atoms with Crippen LogP contribution in [0.1, 0.15) is 82.5 Å². The second kappa shape index (κ2) is 8.97. The van der Waals surface area contributed by atoms with E-state index in [0.29, 0.717) is 16.4 Å². The Labute approximate surface area is 188 Å². The molecule has 2 aliphatic carbocycles. The zero-order valence-electron chi connectivity index (χ0n) is 19.8. The minimum Gasteiger partial charge on any atom is -0.478 e. The highest BCUT2D eigenvalue weighted by Crippen LogP contribution is 2.61. The molecule has 3 aliphatic rings. The number of carboxylic acids is 1. The summed E-state index contributed by atoms with van der Waals surface area (Å²) in [6.45, 7) is 12.6. The van der Waals surface area contributed by atoms with Crippen LogP contribution < -0.4 is 4.90 Å². The third-order valence-electron chi connectivity index (χ3n) is 7.95. The maximum Gasteiger partial charge on any atom is 0.335 e. The van der Waals surface area contributed by atoms with Crippen LogP contribution in [0.3, 0.4) is 0 Å². The highest BCUT2D eigenvalue weighted by atomic mass is 16.4. The van der Waals surface area contributed by atoms with Gasteiger partial charge < -0.3 is 10.0 Å². The first-order valence-electron chi connectivity index (χ1n) is 12.3. The smallest absolute Gasteiger partial charge is 0.335 e. The van der Waals surface area contributed by atoms with E-state index in [2.05, 4.69) is 30.6 Å². The number of hydrogen-bond acceptors (Lipinski definition) is 3. The predicted molar refractivity (Wildman–Crippen MR) is 128 cm³/mol. The Morgan fingerprint density at radius 2 is 1.71 bits per heavy atom. The Hall–Kier alpha value is -1.81. The van der Waals surface area contributed by atoms with Crippen LogP contribution in [-0.2, 0) is 0 Å². The number of piperazine rings is 1. The van der Waals surface area contributed by atoms with E-state index in [-0.39, 0.29) is 0 Å². The van der Waals surface area contributed by atoms with Crippen LogP contribution in [0.15, 0.2) is 35.4 Å². The minimum atomic E-state index is -0.858. The summed E-state index contributed by atoms with van der Waals surface area (Å²) in [6.07, 6.45) is 10.8. The average Bonchev–Trinajstić information content (AvgIpc) is 3.55. The molecule has 1 heterocycles. The lowest BCUT2D eigenvalue weighted by molar-refractivity contribution is 0.0697. The van der Waals surface area contributed by atoms with Gasteiger partial charge in [0, 0.05) is 38.4 Å². The van der Waals surface area contributed by atoms with Crippen molar-refractivity contribution in [2.75, 3.05) is 37.6 Å². The molecular weight excluding hydrogens is 384 g/mol. The van der Waals surface area contributed by atoms with Crippen LogP contribution in [0.4, 0.5) is 5.69 Å². The molecule has 0 amide bonds. The van der Waals surface area contributed by atoms with Crippen LogP contribution in [0.2, 0.25) is 0 Å². The molecule has 0 bridgehead atoms.